The Balaban J connectivity index is 1.40. The second kappa shape index (κ2) is 13.4. The maximum atomic E-state index is 9.06. The second-order valence-electron chi connectivity index (χ2n) is 15.9. The van der Waals surface area contributed by atoms with E-state index < -0.39 is 0 Å². The molecule has 0 aliphatic carbocycles. The van der Waals surface area contributed by atoms with E-state index in [1.165, 1.54) is 0 Å². The molecule has 0 unspecified atom stereocenters. The molecule has 0 saturated heterocycles. The molecule has 0 spiro atoms. The van der Waals surface area contributed by atoms with Crippen molar-refractivity contribution < 1.29 is 9.47 Å². The average molecular weight is 690 g/mol. The minimum atomic E-state index is -0.273. The third kappa shape index (κ3) is 7.04. The molecule has 6 rings (SSSR count). The number of anilines is 3. The Morgan fingerprint density at radius 1 is 0.481 bits per heavy atom. The fourth-order valence-corrected chi connectivity index (χ4v) is 6.63. The Morgan fingerprint density at radius 3 is 1.19 bits per heavy atom. The molecular weight excluding hydrogens is 643 g/mol. The summed E-state index contributed by atoms with van der Waals surface area (Å²) >= 11 is 0. The summed E-state index contributed by atoms with van der Waals surface area (Å²) in [6, 6.07) is 37.1. The van der Waals surface area contributed by atoms with Crippen LogP contribution in [0.25, 0.3) is 0 Å². The number of para-hydroxylation sites is 2. The van der Waals surface area contributed by atoms with Gasteiger partial charge in [-0.15, -0.1) is 0 Å². The summed E-state index contributed by atoms with van der Waals surface area (Å²) in [5.41, 5.74) is 8.67. The zero-order valence-corrected chi connectivity index (χ0v) is 31.2. The third-order valence-corrected chi connectivity index (χ3v) is 9.77. The first-order chi connectivity index (χ1) is 24.4. The van der Waals surface area contributed by atoms with Crippen LogP contribution in [0.5, 0.6) is 0 Å². The van der Waals surface area contributed by atoms with Gasteiger partial charge in [0.2, 0.25) is 23.6 Å². The van der Waals surface area contributed by atoms with Crippen LogP contribution < -0.4 is 4.90 Å². The Labute approximate surface area is 307 Å². The van der Waals surface area contributed by atoms with E-state index in [1.54, 1.807) is 6.07 Å². The molecule has 5 aromatic carbocycles. The second-order valence-corrected chi connectivity index (χ2v) is 15.9. The molecule has 0 fully saturated rings. The highest BCUT2D eigenvalue weighted by molar-refractivity contribution is 6.09. The van der Waals surface area contributed by atoms with E-state index in [9.17, 15) is 0 Å². The van der Waals surface area contributed by atoms with Crippen LogP contribution in [0.1, 0.15) is 99.9 Å². The van der Waals surface area contributed by atoms with Gasteiger partial charge in [-0.3, -0.25) is 21.6 Å². The van der Waals surface area contributed by atoms with Crippen LogP contribution in [0.3, 0.4) is 0 Å². The van der Waals surface area contributed by atoms with Crippen LogP contribution in [-0.4, -0.2) is 23.6 Å². The monoisotopic (exact) mass is 689 g/mol. The summed E-state index contributed by atoms with van der Waals surface area (Å²) in [5.74, 6) is -0.792. The SMILES string of the molecule is CC(C)(C)c1ccc(C(=N)OC(=N)c2cc(C(=N)OC(=N)c3ccc(C(C)(C)C)cc3)cc(N3c4ccccc4C(C)(C)c4ccccc43)c2)cc1. The molecule has 0 amide bonds. The zero-order chi connectivity index (χ0) is 37.6. The van der Waals surface area contributed by atoms with Gasteiger partial charge in [-0.2, -0.15) is 0 Å². The van der Waals surface area contributed by atoms with E-state index in [-0.39, 0.29) is 39.8 Å². The minimum absolute atomic E-state index is 0.0369. The molecule has 1 heterocycles. The fourth-order valence-electron chi connectivity index (χ4n) is 6.63. The Bertz CT molecular complexity index is 2050. The first-order valence-electron chi connectivity index (χ1n) is 17.5. The van der Waals surface area contributed by atoms with Crippen molar-refractivity contribution in [3.63, 3.8) is 0 Å². The number of hydrogen-bond donors (Lipinski definition) is 4. The molecule has 5 aromatic rings. The topological polar surface area (TPSA) is 117 Å². The first-order valence-corrected chi connectivity index (χ1v) is 17.5. The lowest BCUT2D eigenvalue weighted by molar-refractivity contribution is 0.535. The molecule has 0 atom stereocenters. The first kappa shape index (κ1) is 36.0. The van der Waals surface area contributed by atoms with Gasteiger partial charge >= 0.3 is 0 Å². The lowest BCUT2D eigenvalue weighted by atomic mass is 9.73. The van der Waals surface area contributed by atoms with E-state index in [2.05, 4.69) is 84.6 Å². The zero-order valence-electron chi connectivity index (χ0n) is 31.2. The van der Waals surface area contributed by atoms with Crippen LogP contribution in [-0.2, 0) is 25.7 Å². The molecule has 0 saturated carbocycles. The van der Waals surface area contributed by atoms with Crippen LogP contribution in [0.15, 0.2) is 115 Å². The van der Waals surface area contributed by atoms with Gasteiger partial charge < -0.3 is 14.4 Å². The van der Waals surface area contributed by atoms with Crippen molar-refractivity contribution in [2.45, 2.75) is 71.6 Å². The maximum absolute atomic E-state index is 9.06. The molecule has 7 nitrogen and oxygen atoms in total. The number of ether oxygens (including phenoxy) is 2. The van der Waals surface area contributed by atoms with Crippen LogP contribution in [0, 0.1) is 21.6 Å². The molecule has 0 aromatic heterocycles. The van der Waals surface area contributed by atoms with Crippen molar-refractivity contribution in [3.8, 4) is 0 Å². The van der Waals surface area contributed by atoms with Gasteiger partial charge in [0.15, 0.2) is 0 Å². The van der Waals surface area contributed by atoms with E-state index >= 15 is 0 Å². The van der Waals surface area contributed by atoms with Crippen molar-refractivity contribution >= 4 is 40.7 Å². The Hall–Kier alpha value is -5.82. The molecule has 0 bridgehead atoms. The number of fused-ring (bicyclic) bond motifs is 2. The lowest BCUT2D eigenvalue weighted by Crippen LogP contribution is -2.30. The van der Waals surface area contributed by atoms with Gasteiger partial charge in [0.05, 0.1) is 11.4 Å². The summed E-state index contributed by atoms with van der Waals surface area (Å²) in [6.07, 6.45) is 0. The predicted octanol–water partition coefficient (Wildman–Crippen LogP) is 11.1. The van der Waals surface area contributed by atoms with Crippen molar-refractivity contribution in [2.75, 3.05) is 4.90 Å². The van der Waals surface area contributed by atoms with Gasteiger partial charge in [0.25, 0.3) is 0 Å². The number of hydrogen-bond acceptors (Lipinski definition) is 7. The van der Waals surface area contributed by atoms with Crippen molar-refractivity contribution in [2.24, 2.45) is 0 Å². The van der Waals surface area contributed by atoms with Gasteiger partial charge in [0.1, 0.15) is 0 Å². The smallest absolute Gasteiger partial charge is 0.221 e. The molecular formula is C45H47N5O2. The average Bonchev–Trinajstić information content (AvgIpc) is 3.11. The highest BCUT2D eigenvalue weighted by atomic mass is 16.5. The highest BCUT2D eigenvalue weighted by Gasteiger charge is 2.37. The van der Waals surface area contributed by atoms with Gasteiger partial charge in [-0.1, -0.05) is 116 Å². The molecule has 1 aliphatic heterocycles. The number of benzene rings is 5. The lowest BCUT2D eigenvalue weighted by Gasteiger charge is -2.42. The standard InChI is InChI=1S/C45H47N5O2/c1-43(2,3)32-21-17-28(18-22-32)39(46)51-41(48)30-25-31(42(49)52-40(47)29-19-23-33(24-20-29)44(4,5)6)27-34(26-30)50-37-15-11-9-13-35(37)45(7,8)36-14-10-12-16-38(36)50/h9-27,46-49H,1-8H3. The number of nitrogens with zero attached hydrogens (tertiary/aromatic N) is 1. The molecule has 0 radical (unpaired) electrons. The number of nitrogens with one attached hydrogen (secondary N) is 4. The fraction of sp³-hybridized carbons (Fsp3) is 0.244. The largest absolute Gasteiger partial charge is 0.421 e. The van der Waals surface area contributed by atoms with E-state index in [0.717, 1.165) is 33.6 Å². The highest BCUT2D eigenvalue weighted by Crippen LogP contribution is 2.51. The van der Waals surface area contributed by atoms with E-state index in [1.807, 2.05) is 84.9 Å². The molecule has 4 N–H and O–H groups in total. The van der Waals surface area contributed by atoms with Crippen LogP contribution >= 0.6 is 0 Å². The van der Waals surface area contributed by atoms with Gasteiger partial charge in [0, 0.05) is 33.4 Å². The van der Waals surface area contributed by atoms with E-state index in [0.29, 0.717) is 27.9 Å². The summed E-state index contributed by atoms with van der Waals surface area (Å²) in [5, 5.41) is 35.6. The molecule has 264 valence electrons. The number of rotatable bonds is 5. The minimum Gasteiger partial charge on any atom is -0.421 e. The Kier molecular flexibility index (Phi) is 9.26. The predicted molar refractivity (Wildman–Crippen MR) is 213 cm³/mol. The molecule has 52 heavy (non-hydrogen) atoms. The maximum Gasteiger partial charge on any atom is 0.221 e. The summed E-state index contributed by atoms with van der Waals surface area (Å²) in [4.78, 5) is 2.14. The summed E-state index contributed by atoms with van der Waals surface area (Å²) in [7, 11) is 0. The third-order valence-electron chi connectivity index (χ3n) is 9.77. The van der Waals surface area contributed by atoms with Crippen molar-refractivity contribution in [1.29, 1.82) is 21.6 Å². The van der Waals surface area contributed by atoms with Crippen molar-refractivity contribution in [3.05, 3.63) is 160 Å². The quantitative estimate of drug-likeness (QED) is 0.109. The van der Waals surface area contributed by atoms with E-state index in [4.69, 9.17) is 31.1 Å². The van der Waals surface area contributed by atoms with Gasteiger partial charge in [-0.25, -0.2) is 0 Å². The summed E-state index contributed by atoms with van der Waals surface area (Å²) < 4.78 is 11.8. The Morgan fingerprint density at radius 2 is 0.827 bits per heavy atom. The van der Waals surface area contributed by atoms with Crippen molar-refractivity contribution in [1.82, 2.24) is 0 Å². The molecule has 1 aliphatic rings. The van der Waals surface area contributed by atoms with Crippen LogP contribution in [0.4, 0.5) is 17.1 Å². The van der Waals surface area contributed by atoms with Gasteiger partial charge in [-0.05, 0) is 87.7 Å². The summed E-state index contributed by atoms with van der Waals surface area (Å²) in [6.45, 7) is 17.2. The normalized spacial score (nSPS) is 13.4. The molecule has 7 heteroatoms. The van der Waals surface area contributed by atoms with Crippen LogP contribution in [0.2, 0.25) is 0 Å².